The Morgan fingerprint density at radius 3 is 2.17 bits per heavy atom. The molecular weight excluding hydrogens is 153 g/mol. The Kier molecular flexibility index (Phi) is 5.16. The highest BCUT2D eigenvalue weighted by Gasteiger charge is 2.09. The molecule has 0 saturated carbocycles. The van der Waals surface area contributed by atoms with Crippen molar-refractivity contribution in [1.29, 1.82) is 0 Å². The van der Waals surface area contributed by atoms with E-state index in [2.05, 4.69) is 0 Å². The van der Waals surface area contributed by atoms with Crippen LogP contribution in [0.15, 0.2) is 24.3 Å². The third-order valence-corrected chi connectivity index (χ3v) is 1.21. The summed E-state index contributed by atoms with van der Waals surface area (Å²) in [6.45, 7) is 4.00. The van der Waals surface area contributed by atoms with E-state index in [1.54, 1.807) is 18.2 Å². The molecule has 0 spiro atoms. The van der Waals surface area contributed by atoms with Crippen molar-refractivity contribution in [2.75, 3.05) is 5.73 Å². The maximum Gasteiger partial charge on any atom is 0.488 e. The zero-order valence-electron chi connectivity index (χ0n) is 7.36. The van der Waals surface area contributed by atoms with Crippen LogP contribution in [0.4, 0.5) is 5.69 Å². The fraction of sp³-hybridized carbons (Fsp3) is 0.250. The Labute approximate surface area is 73.0 Å². The molecule has 0 heterocycles. The maximum atomic E-state index is 8.65. The Balaban J connectivity index is 0.000000561. The normalized spacial score (nSPS) is 8.33. The highest BCUT2D eigenvalue weighted by Crippen LogP contribution is 1.95. The summed E-state index contributed by atoms with van der Waals surface area (Å²) in [7, 11) is -1.43. The Morgan fingerprint density at radius 2 is 1.83 bits per heavy atom. The number of rotatable bonds is 1. The molecule has 0 aliphatic rings. The van der Waals surface area contributed by atoms with Crippen molar-refractivity contribution < 1.29 is 10.0 Å². The van der Waals surface area contributed by atoms with E-state index in [0.717, 1.165) is 0 Å². The van der Waals surface area contributed by atoms with Crippen molar-refractivity contribution in [2.24, 2.45) is 0 Å². The van der Waals surface area contributed by atoms with Crippen molar-refractivity contribution in [3.05, 3.63) is 24.3 Å². The molecular formula is C8H14BNO2. The molecule has 1 rings (SSSR count). The number of nitrogen functional groups attached to an aromatic ring is 1. The van der Waals surface area contributed by atoms with E-state index >= 15 is 0 Å². The van der Waals surface area contributed by atoms with Crippen LogP contribution in [0.2, 0.25) is 0 Å². The summed E-state index contributed by atoms with van der Waals surface area (Å²) in [6.07, 6.45) is 0. The van der Waals surface area contributed by atoms with Crippen LogP contribution in [-0.2, 0) is 0 Å². The van der Waals surface area contributed by atoms with E-state index in [0.29, 0.717) is 11.2 Å². The van der Waals surface area contributed by atoms with Gasteiger partial charge in [0.05, 0.1) is 0 Å². The molecule has 4 heteroatoms. The SMILES string of the molecule is CC.Nc1cccc(B(O)O)c1. The summed E-state index contributed by atoms with van der Waals surface area (Å²) in [5, 5.41) is 17.3. The van der Waals surface area contributed by atoms with Crippen molar-refractivity contribution in [3.63, 3.8) is 0 Å². The minimum absolute atomic E-state index is 0.417. The smallest absolute Gasteiger partial charge is 0.423 e. The van der Waals surface area contributed by atoms with Gasteiger partial charge in [-0.15, -0.1) is 0 Å². The van der Waals surface area contributed by atoms with Crippen LogP contribution in [0.25, 0.3) is 0 Å². The second kappa shape index (κ2) is 5.63. The average molecular weight is 167 g/mol. The van der Waals surface area contributed by atoms with E-state index in [4.69, 9.17) is 15.8 Å². The van der Waals surface area contributed by atoms with E-state index in [1.807, 2.05) is 13.8 Å². The van der Waals surface area contributed by atoms with E-state index < -0.39 is 7.12 Å². The van der Waals surface area contributed by atoms with Crippen LogP contribution in [0.3, 0.4) is 0 Å². The lowest BCUT2D eigenvalue weighted by Crippen LogP contribution is -2.29. The van der Waals surface area contributed by atoms with Gasteiger partial charge in [0.25, 0.3) is 0 Å². The van der Waals surface area contributed by atoms with Gasteiger partial charge in [-0.2, -0.15) is 0 Å². The Hall–Kier alpha value is -0.995. The van der Waals surface area contributed by atoms with Gasteiger partial charge < -0.3 is 15.8 Å². The van der Waals surface area contributed by atoms with Gasteiger partial charge >= 0.3 is 7.12 Å². The third kappa shape index (κ3) is 3.41. The number of hydrogen-bond donors (Lipinski definition) is 3. The molecule has 3 nitrogen and oxygen atoms in total. The minimum atomic E-state index is -1.43. The monoisotopic (exact) mass is 167 g/mol. The highest BCUT2D eigenvalue weighted by molar-refractivity contribution is 6.58. The number of hydrogen-bond acceptors (Lipinski definition) is 3. The van der Waals surface area contributed by atoms with Gasteiger partial charge in [0.15, 0.2) is 0 Å². The van der Waals surface area contributed by atoms with Crippen LogP contribution in [0.1, 0.15) is 13.8 Å². The molecule has 0 unspecified atom stereocenters. The lowest BCUT2D eigenvalue weighted by Gasteiger charge is -1.98. The van der Waals surface area contributed by atoms with Crippen LogP contribution in [0, 0.1) is 0 Å². The van der Waals surface area contributed by atoms with Crippen LogP contribution >= 0.6 is 0 Å². The quantitative estimate of drug-likeness (QED) is 0.406. The molecule has 0 amide bonds. The topological polar surface area (TPSA) is 66.5 Å². The fourth-order valence-electron chi connectivity index (χ4n) is 0.720. The summed E-state index contributed by atoms with van der Waals surface area (Å²) in [6, 6.07) is 6.47. The molecule has 4 N–H and O–H groups in total. The van der Waals surface area contributed by atoms with Gasteiger partial charge in [-0.05, 0) is 17.6 Å². The zero-order chi connectivity index (χ0) is 9.56. The summed E-state index contributed by atoms with van der Waals surface area (Å²) in [5.74, 6) is 0. The first kappa shape index (κ1) is 11.0. The van der Waals surface area contributed by atoms with Crippen molar-refractivity contribution in [2.45, 2.75) is 13.8 Å². The highest BCUT2D eigenvalue weighted by atomic mass is 16.4. The zero-order valence-corrected chi connectivity index (χ0v) is 7.36. The molecule has 0 atom stereocenters. The van der Waals surface area contributed by atoms with Crippen LogP contribution in [0.5, 0.6) is 0 Å². The van der Waals surface area contributed by atoms with Gasteiger partial charge in [-0.3, -0.25) is 0 Å². The number of benzene rings is 1. The first-order valence-corrected chi connectivity index (χ1v) is 3.92. The van der Waals surface area contributed by atoms with Crippen molar-refractivity contribution in [1.82, 2.24) is 0 Å². The molecule has 12 heavy (non-hydrogen) atoms. The molecule has 0 aliphatic heterocycles. The lowest BCUT2D eigenvalue weighted by atomic mass is 9.80. The van der Waals surface area contributed by atoms with Crippen molar-refractivity contribution in [3.8, 4) is 0 Å². The maximum absolute atomic E-state index is 8.65. The van der Waals surface area contributed by atoms with E-state index in [-0.39, 0.29) is 0 Å². The molecule has 0 radical (unpaired) electrons. The first-order valence-electron chi connectivity index (χ1n) is 3.92. The molecule has 0 saturated heterocycles. The predicted octanol–water partition coefficient (Wildman–Crippen LogP) is -0.0252. The standard InChI is InChI=1S/C6H8BNO2.C2H6/c8-6-3-1-2-5(4-6)7(9)10;1-2/h1-4,9-10H,8H2;1-2H3. The predicted molar refractivity (Wildman–Crippen MR) is 52.0 cm³/mol. The molecule has 0 aliphatic carbocycles. The molecule has 66 valence electrons. The van der Waals surface area contributed by atoms with Gasteiger partial charge in [0.2, 0.25) is 0 Å². The second-order valence-corrected chi connectivity index (χ2v) is 2.04. The van der Waals surface area contributed by atoms with E-state index in [9.17, 15) is 0 Å². The van der Waals surface area contributed by atoms with Gasteiger partial charge in [0.1, 0.15) is 0 Å². The van der Waals surface area contributed by atoms with E-state index in [1.165, 1.54) is 6.07 Å². The fourth-order valence-corrected chi connectivity index (χ4v) is 0.720. The first-order chi connectivity index (χ1) is 5.70. The molecule has 0 aromatic heterocycles. The minimum Gasteiger partial charge on any atom is -0.423 e. The molecule has 0 fully saturated rings. The summed E-state index contributed by atoms with van der Waals surface area (Å²) in [4.78, 5) is 0. The van der Waals surface area contributed by atoms with Gasteiger partial charge in [-0.1, -0.05) is 26.0 Å². The Bertz CT molecular complexity index is 228. The molecule has 1 aromatic rings. The largest absolute Gasteiger partial charge is 0.488 e. The third-order valence-electron chi connectivity index (χ3n) is 1.21. The summed E-state index contributed by atoms with van der Waals surface area (Å²) < 4.78 is 0. The summed E-state index contributed by atoms with van der Waals surface area (Å²) >= 11 is 0. The van der Waals surface area contributed by atoms with Gasteiger partial charge in [0, 0.05) is 5.69 Å². The molecule has 1 aromatic carbocycles. The Morgan fingerprint density at radius 1 is 1.25 bits per heavy atom. The van der Waals surface area contributed by atoms with Crippen LogP contribution < -0.4 is 11.2 Å². The lowest BCUT2D eigenvalue weighted by molar-refractivity contribution is 0.426. The average Bonchev–Trinajstić information content (AvgIpc) is 2.08. The van der Waals surface area contributed by atoms with Crippen LogP contribution in [-0.4, -0.2) is 17.2 Å². The molecule has 0 bridgehead atoms. The summed E-state index contributed by atoms with van der Waals surface area (Å²) in [5.41, 5.74) is 6.32. The number of nitrogens with two attached hydrogens (primary N) is 1. The number of anilines is 1. The van der Waals surface area contributed by atoms with Gasteiger partial charge in [-0.25, -0.2) is 0 Å². The van der Waals surface area contributed by atoms with Crippen molar-refractivity contribution >= 4 is 18.3 Å². The second-order valence-electron chi connectivity index (χ2n) is 2.04.